The second-order valence-electron chi connectivity index (χ2n) is 9.53. The van der Waals surface area contributed by atoms with Gasteiger partial charge in [0.15, 0.2) is 0 Å². The van der Waals surface area contributed by atoms with E-state index >= 15 is 0 Å². The van der Waals surface area contributed by atoms with E-state index in [-0.39, 0.29) is 16.6 Å². The average molecular weight is 488 g/mol. The Labute approximate surface area is 202 Å². The number of benzene rings is 2. The van der Waals surface area contributed by atoms with Crippen LogP contribution in [0, 0.1) is 18.7 Å². The highest BCUT2D eigenvalue weighted by atomic mass is 32.2. The van der Waals surface area contributed by atoms with Crippen molar-refractivity contribution in [1.82, 2.24) is 10.0 Å². The van der Waals surface area contributed by atoms with Crippen LogP contribution in [-0.2, 0) is 21.2 Å². The Morgan fingerprint density at radius 3 is 2.71 bits per heavy atom. The Bertz CT molecular complexity index is 1120. The van der Waals surface area contributed by atoms with Crippen LogP contribution in [0.15, 0.2) is 47.4 Å². The van der Waals surface area contributed by atoms with Crippen LogP contribution in [0.1, 0.15) is 49.7 Å². The summed E-state index contributed by atoms with van der Waals surface area (Å²) < 4.78 is 42.3. The average Bonchev–Trinajstić information content (AvgIpc) is 3.21. The molecular formula is C26H34FN3O3S. The third-order valence-electron chi connectivity index (χ3n) is 6.92. The number of rotatable bonds is 9. The van der Waals surface area contributed by atoms with Gasteiger partial charge in [0.05, 0.1) is 4.90 Å². The number of nitrogens with one attached hydrogen (secondary N) is 2. The van der Waals surface area contributed by atoms with Crippen LogP contribution < -0.4 is 14.9 Å². The fourth-order valence-corrected chi connectivity index (χ4v) is 6.42. The van der Waals surface area contributed by atoms with E-state index in [0.29, 0.717) is 25.4 Å². The standard InChI is InChI=1S/C26H34FN3O3S/c1-19-6-5-9-23(16-19)34(32,33)29-24(17-20-7-3-2-4-8-20)26(31)28-13-15-30-14-12-21-18-22(27)10-11-25(21)30/h5-6,9-11,16,18,20,24,29H,2-4,7-8,12-15,17H2,1H3,(H,28,31)/t24-/m0/s1. The SMILES string of the molecule is Cc1cccc(S(=O)(=O)N[C@@H](CC2CCCCC2)C(=O)NCCN2CCc3cc(F)ccc32)c1. The number of sulfonamides is 1. The molecule has 34 heavy (non-hydrogen) atoms. The lowest BCUT2D eigenvalue weighted by Crippen LogP contribution is -2.49. The maximum absolute atomic E-state index is 13.5. The predicted octanol–water partition coefficient (Wildman–Crippen LogP) is 3.93. The molecule has 0 saturated heterocycles. The lowest BCUT2D eigenvalue weighted by Gasteiger charge is -2.27. The lowest BCUT2D eigenvalue weighted by atomic mass is 9.85. The summed E-state index contributed by atoms with van der Waals surface area (Å²) in [7, 11) is -3.82. The van der Waals surface area contributed by atoms with E-state index in [2.05, 4.69) is 14.9 Å². The number of hydrogen-bond donors (Lipinski definition) is 2. The Morgan fingerprint density at radius 2 is 1.94 bits per heavy atom. The first kappa shape index (κ1) is 24.7. The molecule has 1 aliphatic carbocycles. The van der Waals surface area contributed by atoms with E-state index in [1.807, 2.05) is 13.0 Å². The minimum atomic E-state index is -3.82. The summed E-state index contributed by atoms with van der Waals surface area (Å²) >= 11 is 0. The summed E-state index contributed by atoms with van der Waals surface area (Å²) in [5.41, 5.74) is 2.82. The molecule has 1 heterocycles. The molecule has 4 rings (SSSR count). The molecule has 1 amide bonds. The first-order chi connectivity index (χ1) is 16.3. The summed E-state index contributed by atoms with van der Waals surface area (Å²) in [4.78, 5) is 15.5. The molecule has 2 aromatic carbocycles. The minimum absolute atomic E-state index is 0.176. The molecule has 1 aliphatic heterocycles. The highest BCUT2D eigenvalue weighted by Crippen LogP contribution is 2.29. The van der Waals surface area contributed by atoms with Gasteiger partial charge < -0.3 is 10.2 Å². The van der Waals surface area contributed by atoms with E-state index in [4.69, 9.17) is 0 Å². The minimum Gasteiger partial charge on any atom is -0.369 e. The molecule has 0 spiro atoms. The van der Waals surface area contributed by atoms with Crippen molar-refractivity contribution in [3.8, 4) is 0 Å². The molecule has 2 aliphatic rings. The van der Waals surface area contributed by atoms with Gasteiger partial charge in [0.25, 0.3) is 0 Å². The van der Waals surface area contributed by atoms with Crippen molar-refractivity contribution in [3.63, 3.8) is 0 Å². The zero-order valence-corrected chi connectivity index (χ0v) is 20.5. The molecule has 1 fully saturated rings. The lowest BCUT2D eigenvalue weighted by molar-refractivity contribution is -0.123. The van der Waals surface area contributed by atoms with Gasteiger partial charge >= 0.3 is 0 Å². The molecule has 0 unspecified atom stereocenters. The number of carbonyl (C=O) groups is 1. The molecule has 0 radical (unpaired) electrons. The van der Waals surface area contributed by atoms with Crippen LogP contribution in [0.25, 0.3) is 0 Å². The fourth-order valence-electron chi connectivity index (χ4n) is 5.11. The largest absolute Gasteiger partial charge is 0.369 e. The van der Waals surface area contributed by atoms with Crippen molar-refractivity contribution >= 4 is 21.6 Å². The summed E-state index contributed by atoms with van der Waals surface area (Å²) in [5.74, 6) is -0.189. The summed E-state index contributed by atoms with van der Waals surface area (Å²) in [6, 6.07) is 10.7. The van der Waals surface area contributed by atoms with Gasteiger partial charge in [-0.15, -0.1) is 0 Å². The molecule has 8 heteroatoms. The van der Waals surface area contributed by atoms with E-state index in [1.165, 1.54) is 12.5 Å². The Balaban J connectivity index is 1.40. The van der Waals surface area contributed by atoms with Crippen molar-refractivity contribution in [1.29, 1.82) is 0 Å². The highest BCUT2D eigenvalue weighted by Gasteiger charge is 2.29. The Hall–Kier alpha value is -2.45. The van der Waals surface area contributed by atoms with Crippen molar-refractivity contribution in [3.05, 3.63) is 59.4 Å². The van der Waals surface area contributed by atoms with Crippen LogP contribution in [0.2, 0.25) is 0 Å². The smallest absolute Gasteiger partial charge is 0.241 e. The van der Waals surface area contributed by atoms with Crippen molar-refractivity contribution in [2.75, 3.05) is 24.5 Å². The van der Waals surface area contributed by atoms with Crippen LogP contribution in [-0.4, -0.2) is 40.0 Å². The number of halogens is 1. The summed E-state index contributed by atoms with van der Waals surface area (Å²) in [6.07, 6.45) is 6.78. The topological polar surface area (TPSA) is 78.5 Å². The van der Waals surface area contributed by atoms with Crippen LogP contribution in [0.4, 0.5) is 10.1 Å². The van der Waals surface area contributed by atoms with E-state index < -0.39 is 16.1 Å². The number of fused-ring (bicyclic) bond motifs is 1. The van der Waals surface area contributed by atoms with Crippen LogP contribution >= 0.6 is 0 Å². The third kappa shape index (κ3) is 6.16. The number of amides is 1. The summed E-state index contributed by atoms with van der Waals surface area (Å²) in [6.45, 7) is 3.60. The molecule has 6 nitrogen and oxygen atoms in total. The molecule has 1 atom stereocenters. The molecule has 1 saturated carbocycles. The summed E-state index contributed by atoms with van der Waals surface area (Å²) in [5, 5.41) is 2.95. The van der Waals surface area contributed by atoms with Gasteiger partial charge in [-0.2, -0.15) is 4.72 Å². The number of anilines is 1. The van der Waals surface area contributed by atoms with Crippen LogP contribution in [0.3, 0.4) is 0 Å². The van der Waals surface area contributed by atoms with E-state index in [1.54, 1.807) is 30.3 Å². The zero-order valence-electron chi connectivity index (χ0n) is 19.7. The van der Waals surface area contributed by atoms with Gasteiger partial charge in [0.1, 0.15) is 11.9 Å². The number of carbonyl (C=O) groups excluding carboxylic acids is 1. The molecule has 2 aromatic rings. The van der Waals surface area contributed by atoms with Crippen molar-refractivity contribution in [2.45, 2.75) is 62.8 Å². The molecule has 0 aromatic heterocycles. The predicted molar refractivity (Wildman–Crippen MR) is 132 cm³/mol. The number of hydrogen-bond acceptors (Lipinski definition) is 4. The van der Waals surface area contributed by atoms with Crippen molar-refractivity contribution in [2.24, 2.45) is 5.92 Å². The zero-order chi connectivity index (χ0) is 24.1. The second-order valence-corrected chi connectivity index (χ2v) is 11.2. The fraction of sp³-hybridized carbons (Fsp3) is 0.500. The first-order valence-corrected chi connectivity index (χ1v) is 13.7. The Morgan fingerprint density at radius 1 is 1.15 bits per heavy atom. The van der Waals surface area contributed by atoms with Gasteiger partial charge in [0.2, 0.25) is 15.9 Å². The maximum atomic E-state index is 13.5. The van der Waals surface area contributed by atoms with Gasteiger partial charge in [-0.25, -0.2) is 12.8 Å². The Kier molecular flexibility index (Phi) is 7.88. The van der Waals surface area contributed by atoms with Gasteiger partial charge in [-0.05, 0) is 67.1 Å². The van der Waals surface area contributed by atoms with E-state index in [9.17, 15) is 17.6 Å². The maximum Gasteiger partial charge on any atom is 0.241 e. The molecular weight excluding hydrogens is 453 g/mol. The quantitative estimate of drug-likeness (QED) is 0.562. The number of nitrogens with zero attached hydrogens (tertiary/aromatic N) is 1. The van der Waals surface area contributed by atoms with Gasteiger partial charge in [-0.1, -0.05) is 44.2 Å². The van der Waals surface area contributed by atoms with Crippen molar-refractivity contribution < 1.29 is 17.6 Å². The normalized spacial score (nSPS) is 17.4. The van der Waals surface area contributed by atoms with Crippen LogP contribution in [0.5, 0.6) is 0 Å². The van der Waals surface area contributed by atoms with E-state index in [0.717, 1.165) is 55.5 Å². The first-order valence-electron chi connectivity index (χ1n) is 12.2. The molecule has 184 valence electrons. The number of aryl methyl sites for hydroxylation is 1. The monoisotopic (exact) mass is 487 g/mol. The molecule has 0 bridgehead atoms. The van der Waals surface area contributed by atoms with Gasteiger partial charge in [-0.3, -0.25) is 4.79 Å². The molecule has 2 N–H and O–H groups in total. The van der Waals surface area contributed by atoms with Gasteiger partial charge in [0, 0.05) is 25.3 Å². The second kappa shape index (κ2) is 10.9. The third-order valence-corrected chi connectivity index (χ3v) is 8.39. The highest BCUT2D eigenvalue weighted by molar-refractivity contribution is 7.89.